The van der Waals surface area contributed by atoms with Gasteiger partial charge in [-0.25, -0.2) is 4.79 Å². The van der Waals surface area contributed by atoms with E-state index in [1.54, 1.807) is 0 Å². The Kier molecular flexibility index (Phi) is 3.28. The molecule has 0 fully saturated rings. The highest BCUT2D eigenvalue weighted by Gasteiger charge is 2.22. The number of aromatic hydroxyl groups is 1. The van der Waals surface area contributed by atoms with E-state index < -0.39 is 5.97 Å². The molecule has 0 radical (unpaired) electrons. The van der Waals surface area contributed by atoms with Gasteiger partial charge in [-0.3, -0.25) is 0 Å². The number of rotatable bonds is 4. The molecule has 1 aromatic carbocycles. The monoisotopic (exact) mass is 265 g/mol. The van der Waals surface area contributed by atoms with Crippen molar-refractivity contribution in [2.45, 2.75) is 0 Å². The van der Waals surface area contributed by atoms with Crippen LogP contribution in [0.5, 0.6) is 17.2 Å². The minimum Gasteiger partial charge on any atom is -0.507 e. The average molecular weight is 265 g/mol. The molecule has 19 heavy (non-hydrogen) atoms. The molecule has 7 heteroatoms. The standard InChI is InChI=1S/C12H11NO6/c1-17-8-4-3-7(14)10(11(8)18-2)9-5-6(12(15)16)13-19-9/h3-5,14H,1-2H3,(H,15,16). The van der Waals surface area contributed by atoms with Gasteiger partial charge >= 0.3 is 5.97 Å². The van der Waals surface area contributed by atoms with E-state index in [1.807, 2.05) is 0 Å². The normalized spacial score (nSPS) is 10.2. The van der Waals surface area contributed by atoms with E-state index in [4.69, 9.17) is 19.1 Å². The van der Waals surface area contributed by atoms with E-state index in [0.717, 1.165) is 0 Å². The summed E-state index contributed by atoms with van der Waals surface area (Å²) < 4.78 is 15.2. The van der Waals surface area contributed by atoms with Crippen LogP contribution in [0.4, 0.5) is 0 Å². The molecule has 7 nitrogen and oxygen atoms in total. The van der Waals surface area contributed by atoms with Gasteiger partial charge in [-0.2, -0.15) is 0 Å². The lowest BCUT2D eigenvalue weighted by atomic mass is 10.1. The Morgan fingerprint density at radius 1 is 1.32 bits per heavy atom. The van der Waals surface area contributed by atoms with Gasteiger partial charge in [0.2, 0.25) is 0 Å². The fraction of sp³-hybridized carbons (Fsp3) is 0.167. The highest BCUT2D eigenvalue weighted by atomic mass is 16.5. The van der Waals surface area contributed by atoms with Crippen LogP contribution in [0.1, 0.15) is 10.5 Å². The molecular weight excluding hydrogens is 254 g/mol. The van der Waals surface area contributed by atoms with Gasteiger partial charge in [0.05, 0.1) is 14.2 Å². The second kappa shape index (κ2) is 4.89. The number of phenols is 1. The zero-order valence-electron chi connectivity index (χ0n) is 10.2. The SMILES string of the molecule is COc1ccc(O)c(-c2cc(C(=O)O)no2)c1OC. The molecule has 2 rings (SSSR count). The Hall–Kier alpha value is -2.70. The molecule has 100 valence electrons. The Balaban J connectivity index is 2.62. The molecule has 1 aromatic heterocycles. The van der Waals surface area contributed by atoms with Crippen LogP contribution in [0.15, 0.2) is 22.7 Å². The lowest BCUT2D eigenvalue weighted by molar-refractivity contribution is 0.0686. The van der Waals surface area contributed by atoms with E-state index >= 15 is 0 Å². The van der Waals surface area contributed by atoms with Crippen molar-refractivity contribution in [1.29, 1.82) is 0 Å². The average Bonchev–Trinajstić information content (AvgIpc) is 2.87. The van der Waals surface area contributed by atoms with E-state index in [1.165, 1.54) is 32.4 Å². The summed E-state index contributed by atoms with van der Waals surface area (Å²) in [4.78, 5) is 10.8. The number of carboxylic acid groups (broad SMARTS) is 1. The fourth-order valence-corrected chi connectivity index (χ4v) is 1.65. The van der Waals surface area contributed by atoms with E-state index in [-0.39, 0.29) is 28.5 Å². The van der Waals surface area contributed by atoms with E-state index in [2.05, 4.69) is 5.16 Å². The van der Waals surface area contributed by atoms with Crippen LogP contribution in [0.25, 0.3) is 11.3 Å². The zero-order valence-corrected chi connectivity index (χ0v) is 10.2. The minimum atomic E-state index is -1.23. The summed E-state index contributed by atoms with van der Waals surface area (Å²) in [5.74, 6) is -0.674. The van der Waals surface area contributed by atoms with Crippen LogP contribution in [0.2, 0.25) is 0 Å². The van der Waals surface area contributed by atoms with Gasteiger partial charge in [0.1, 0.15) is 11.3 Å². The van der Waals surface area contributed by atoms with Crippen LogP contribution >= 0.6 is 0 Å². The van der Waals surface area contributed by atoms with Crippen LogP contribution in [-0.2, 0) is 0 Å². The van der Waals surface area contributed by atoms with Crippen LogP contribution in [0.3, 0.4) is 0 Å². The number of aromatic carboxylic acids is 1. The number of hydrogen-bond donors (Lipinski definition) is 2. The highest BCUT2D eigenvalue weighted by Crippen LogP contribution is 2.43. The number of hydrogen-bond acceptors (Lipinski definition) is 6. The second-order valence-electron chi connectivity index (χ2n) is 3.58. The molecule has 0 saturated carbocycles. The number of carboxylic acids is 1. The molecule has 2 N–H and O–H groups in total. The third-order valence-corrected chi connectivity index (χ3v) is 2.50. The molecule has 2 aromatic rings. The van der Waals surface area contributed by atoms with Crippen molar-refractivity contribution in [2.24, 2.45) is 0 Å². The van der Waals surface area contributed by atoms with Crippen molar-refractivity contribution >= 4 is 5.97 Å². The Morgan fingerprint density at radius 3 is 2.58 bits per heavy atom. The minimum absolute atomic E-state index is 0.0747. The first-order chi connectivity index (χ1) is 9.08. The topological polar surface area (TPSA) is 102 Å². The molecule has 0 aliphatic rings. The first kappa shape index (κ1) is 12.7. The molecule has 1 heterocycles. The number of methoxy groups -OCH3 is 2. The Bertz CT molecular complexity index is 619. The Labute approximate surface area is 108 Å². The first-order valence-corrected chi connectivity index (χ1v) is 5.22. The third-order valence-electron chi connectivity index (χ3n) is 2.50. The molecule has 0 aliphatic carbocycles. The predicted molar refractivity (Wildman–Crippen MR) is 63.7 cm³/mol. The lowest BCUT2D eigenvalue weighted by Gasteiger charge is -2.11. The van der Waals surface area contributed by atoms with Crippen molar-refractivity contribution < 1.29 is 29.0 Å². The van der Waals surface area contributed by atoms with Crippen molar-refractivity contribution in [2.75, 3.05) is 14.2 Å². The fourth-order valence-electron chi connectivity index (χ4n) is 1.65. The summed E-state index contributed by atoms with van der Waals surface area (Å²) in [6, 6.07) is 4.10. The van der Waals surface area contributed by atoms with E-state index in [9.17, 15) is 9.90 Å². The van der Waals surface area contributed by atoms with Gasteiger partial charge in [-0.1, -0.05) is 5.16 Å². The van der Waals surface area contributed by atoms with Crippen LogP contribution < -0.4 is 9.47 Å². The van der Waals surface area contributed by atoms with Gasteiger partial charge in [0.15, 0.2) is 23.0 Å². The lowest BCUT2D eigenvalue weighted by Crippen LogP contribution is -1.95. The van der Waals surface area contributed by atoms with Crippen LogP contribution in [0, 0.1) is 0 Å². The van der Waals surface area contributed by atoms with Crippen molar-refractivity contribution in [3.63, 3.8) is 0 Å². The first-order valence-electron chi connectivity index (χ1n) is 5.22. The maximum Gasteiger partial charge on any atom is 0.358 e. The number of benzene rings is 1. The molecule has 0 saturated heterocycles. The zero-order chi connectivity index (χ0) is 14.0. The summed E-state index contributed by atoms with van der Waals surface area (Å²) in [5, 5.41) is 22.1. The Morgan fingerprint density at radius 2 is 2.05 bits per heavy atom. The maximum absolute atomic E-state index is 10.8. The van der Waals surface area contributed by atoms with Crippen molar-refractivity contribution in [3.05, 3.63) is 23.9 Å². The molecule has 0 spiro atoms. The number of carbonyl (C=O) groups is 1. The van der Waals surface area contributed by atoms with Gasteiger partial charge < -0.3 is 24.2 Å². The largest absolute Gasteiger partial charge is 0.507 e. The highest BCUT2D eigenvalue weighted by molar-refractivity contribution is 5.87. The van der Waals surface area contributed by atoms with Crippen molar-refractivity contribution in [3.8, 4) is 28.6 Å². The summed E-state index contributed by atoms with van der Waals surface area (Å²) in [6.07, 6.45) is 0. The second-order valence-corrected chi connectivity index (χ2v) is 3.58. The molecule has 0 unspecified atom stereocenters. The molecule has 0 aliphatic heterocycles. The van der Waals surface area contributed by atoms with Crippen LogP contribution in [-0.4, -0.2) is 35.6 Å². The number of nitrogens with zero attached hydrogens (tertiary/aromatic N) is 1. The number of phenolic OH excluding ortho intramolecular Hbond substituents is 1. The quantitative estimate of drug-likeness (QED) is 0.868. The van der Waals surface area contributed by atoms with Gasteiger partial charge in [0, 0.05) is 6.07 Å². The summed E-state index contributed by atoms with van der Waals surface area (Å²) >= 11 is 0. The molecular formula is C12H11NO6. The van der Waals surface area contributed by atoms with Gasteiger partial charge in [0.25, 0.3) is 0 Å². The summed E-state index contributed by atoms with van der Waals surface area (Å²) in [6.45, 7) is 0. The van der Waals surface area contributed by atoms with E-state index in [0.29, 0.717) is 5.75 Å². The smallest absolute Gasteiger partial charge is 0.358 e. The number of aromatic nitrogens is 1. The van der Waals surface area contributed by atoms with Crippen molar-refractivity contribution in [1.82, 2.24) is 5.16 Å². The molecule has 0 amide bonds. The summed E-state index contributed by atoms with van der Waals surface area (Å²) in [5.41, 5.74) is -0.0823. The van der Waals surface area contributed by atoms with Gasteiger partial charge in [-0.15, -0.1) is 0 Å². The summed E-state index contributed by atoms with van der Waals surface area (Å²) in [7, 11) is 2.84. The third kappa shape index (κ3) is 2.17. The van der Waals surface area contributed by atoms with Gasteiger partial charge in [-0.05, 0) is 12.1 Å². The molecule has 0 atom stereocenters. The maximum atomic E-state index is 10.8. The number of ether oxygens (including phenoxy) is 2. The predicted octanol–water partition coefficient (Wildman–Crippen LogP) is 1.76. The molecule has 0 bridgehead atoms.